The number of hydrogen-bond donors (Lipinski definition) is 2. The molecule has 6 rings (SSSR count). The highest BCUT2D eigenvalue weighted by molar-refractivity contribution is 7.99. The van der Waals surface area contributed by atoms with E-state index in [9.17, 15) is 9.18 Å². The predicted molar refractivity (Wildman–Crippen MR) is 190 cm³/mol. The van der Waals surface area contributed by atoms with Crippen LogP contribution in [0.25, 0.3) is 11.3 Å². The van der Waals surface area contributed by atoms with Gasteiger partial charge in [-0.05, 0) is 74.8 Å². The summed E-state index contributed by atoms with van der Waals surface area (Å²) in [5.41, 5.74) is 1.99. The van der Waals surface area contributed by atoms with Gasteiger partial charge in [-0.1, -0.05) is 32.4 Å². The summed E-state index contributed by atoms with van der Waals surface area (Å²) in [7, 11) is 0.322. The molecule has 0 unspecified atom stereocenters. The number of carbonyl (C=O) groups is 1. The zero-order valence-electron chi connectivity index (χ0n) is 28.0. The fourth-order valence-electron chi connectivity index (χ4n) is 6.43. The van der Waals surface area contributed by atoms with Crippen LogP contribution in [-0.4, -0.2) is 89.8 Å². The first-order valence-electron chi connectivity index (χ1n) is 16.4. The molecule has 252 valence electrons. The first-order valence-corrected chi connectivity index (χ1v) is 20.6. The number of anilines is 3. The lowest BCUT2D eigenvalue weighted by Gasteiger charge is -2.45. The van der Waals surface area contributed by atoms with Crippen molar-refractivity contribution in [1.29, 1.82) is 0 Å². The van der Waals surface area contributed by atoms with E-state index in [1.54, 1.807) is 24.4 Å². The third-order valence-electron chi connectivity index (χ3n) is 10.4. The molecule has 2 N–H and O–H groups in total. The van der Waals surface area contributed by atoms with Crippen molar-refractivity contribution in [3.63, 3.8) is 0 Å². The molecule has 2 atom stereocenters. The minimum Gasteiger partial charge on any atom is -0.416 e. The Morgan fingerprint density at radius 3 is 2.57 bits per heavy atom. The average molecular weight is 698 g/mol. The Balaban J connectivity index is 1.13. The van der Waals surface area contributed by atoms with Gasteiger partial charge in [0.2, 0.25) is 5.91 Å². The Morgan fingerprint density at radius 2 is 1.87 bits per heavy atom. The fourth-order valence-corrected chi connectivity index (χ4v) is 8.52. The summed E-state index contributed by atoms with van der Waals surface area (Å²) in [6.07, 6.45) is 4.69. The van der Waals surface area contributed by atoms with Crippen LogP contribution < -0.4 is 10.6 Å². The van der Waals surface area contributed by atoms with E-state index in [0.29, 0.717) is 63.4 Å². The van der Waals surface area contributed by atoms with E-state index in [-0.39, 0.29) is 22.4 Å². The maximum Gasteiger partial charge on any atom is 0.228 e. The lowest BCUT2D eigenvalue weighted by Crippen LogP contribution is -2.54. The summed E-state index contributed by atoms with van der Waals surface area (Å²) in [6.45, 7) is 14.0. The molecule has 2 saturated heterocycles. The molecule has 2 bridgehead atoms. The molecule has 2 aliphatic heterocycles. The number of benzene rings is 1. The Labute approximate surface area is 287 Å². The second kappa shape index (κ2) is 13.7. The smallest absolute Gasteiger partial charge is 0.228 e. The van der Waals surface area contributed by atoms with Crippen LogP contribution in [0.15, 0.2) is 47.6 Å². The minimum absolute atomic E-state index is 0.00800. The summed E-state index contributed by atoms with van der Waals surface area (Å²) in [5.74, 6) is 0.719. The zero-order valence-corrected chi connectivity index (χ0v) is 30.6. The second-order valence-corrected chi connectivity index (χ2v) is 20.9. The van der Waals surface area contributed by atoms with Crippen molar-refractivity contribution in [2.45, 2.75) is 81.3 Å². The first-order chi connectivity index (χ1) is 22.3. The standard InChI is InChI=1S/C34H45ClFN7O2SSi/c1-34(2,3)47(5,6)45-11-12-46-33-30(18-29(40-41-33)27-15-22(35)7-8-28(27)36)38-23-9-10-37-31(16-23)39-32(44)21-13-24(14-21)43-20-25-17-26(43)19-42(25)4/h7-10,15-16,18,21,24-26H,11-14,17,19-20H2,1-6H3,(H2,37,38,39,40,44)/t21?,24?,25-,26-/m0/s1. The van der Waals surface area contributed by atoms with E-state index in [1.807, 2.05) is 6.07 Å². The van der Waals surface area contributed by atoms with Gasteiger partial charge >= 0.3 is 0 Å². The number of nitrogens with zero attached hydrogens (tertiary/aromatic N) is 5. The SMILES string of the molecule is CN1C[C@@H]2C[C@H]1CN2C1CC(C(=O)Nc2cc(Nc3cc(-c4cc(Cl)ccc4F)nnc3SCCO[Si](C)(C)C(C)(C)C)ccn2)C1. The molecular formula is C34H45ClFN7O2SSi. The number of pyridine rings is 1. The lowest BCUT2D eigenvalue weighted by atomic mass is 9.78. The molecule has 1 aliphatic carbocycles. The third kappa shape index (κ3) is 7.68. The Kier molecular flexibility index (Phi) is 10.00. The average Bonchev–Trinajstić information content (AvgIpc) is 3.55. The predicted octanol–water partition coefficient (Wildman–Crippen LogP) is 7.29. The molecule has 4 heterocycles. The monoisotopic (exact) mass is 697 g/mol. The van der Waals surface area contributed by atoms with Gasteiger partial charge in [0.1, 0.15) is 16.7 Å². The summed E-state index contributed by atoms with van der Waals surface area (Å²) in [4.78, 5) is 22.7. The zero-order chi connectivity index (χ0) is 33.5. The van der Waals surface area contributed by atoms with E-state index >= 15 is 0 Å². The molecule has 13 heteroatoms. The molecule has 0 spiro atoms. The Bertz CT molecular complexity index is 1620. The summed E-state index contributed by atoms with van der Waals surface area (Å²) < 4.78 is 21.2. The highest BCUT2D eigenvalue weighted by Gasteiger charge is 2.48. The Morgan fingerprint density at radius 1 is 1.09 bits per heavy atom. The van der Waals surface area contributed by atoms with E-state index in [0.717, 1.165) is 25.9 Å². The van der Waals surface area contributed by atoms with Crippen molar-refractivity contribution >= 4 is 54.8 Å². The fraction of sp³-hybridized carbons (Fsp3) is 0.529. The molecule has 0 radical (unpaired) electrons. The summed E-state index contributed by atoms with van der Waals surface area (Å²) in [5, 5.41) is 16.5. The molecule has 3 aromatic rings. The molecule has 1 amide bonds. The number of likely N-dealkylation sites (tertiary alicyclic amines) is 2. The van der Waals surface area contributed by atoms with Crippen LogP contribution in [0.3, 0.4) is 0 Å². The number of halogens is 2. The number of thioether (sulfide) groups is 1. The molecule has 47 heavy (non-hydrogen) atoms. The maximum absolute atomic E-state index is 14.8. The Hall–Kier alpha value is -2.61. The van der Waals surface area contributed by atoms with E-state index in [2.05, 4.69) is 76.5 Å². The van der Waals surface area contributed by atoms with Gasteiger partial charge in [0.05, 0.1) is 11.4 Å². The van der Waals surface area contributed by atoms with Gasteiger partial charge in [0.25, 0.3) is 0 Å². The number of hydrogen-bond acceptors (Lipinski definition) is 9. The molecule has 3 aliphatic rings. The van der Waals surface area contributed by atoms with E-state index in [4.69, 9.17) is 16.0 Å². The largest absolute Gasteiger partial charge is 0.416 e. The minimum atomic E-state index is -1.89. The second-order valence-electron chi connectivity index (χ2n) is 14.6. The molecular weight excluding hydrogens is 653 g/mol. The number of carbonyl (C=O) groups excluding carboxylic acids is 1. The van der Waals surface area contributed by atoms with Gasteiger partial charge in [-0.3, -0.25) is 9.69 Å². The number of piperazine rings is 1. The number of rotatable bonds is 11. The normalized spacial score (nSPS) is 23.1. The van der Waals surface area contributed by atoms with Gasteiger partial charge < -0.3 is 20.0 Å². The van der Waals surface area contributed by atoms with Crippen LogP contribution >= 0.6 is 23.4 Å². The van der Waals surface area contributed by atoms with Gasteiger partial charge in [0, 0.05) is 78.0 Å². The number of fused-ring (bicyclic) bond motifs is 2. The van der Waals surface area contributed by atoms with Crippen LogP contribution in [0.1, 0.15) is 40.0 Å². The van der Waals surface area contributed by atoms with Gasteiger partial charge in [-0.15, -0.1) is 22.0 Å². The van der Waals surface area contributed by atoms with E-state index in [1.165, 1.54) is 30.3 Å². The van der Waals surface area contributed by atoms with Crippen molar-refractivity contribution in [3.05, 3.63) is 53.4 Å². The third-order valence-corrected chi connectivity index (χ3v) is 16.1. The van der Waals surface area contributed by atoms with Gasteiger partial charge in [-0.25, -0.2) is 9.37 Å². The van der Waals surface area contributed by atoms with Gasteiger partial charge in [0.15, 0.2) is 8.32 Å². The van der Waals surface area contributed by atoms with E-state index < -0.39 is 14.1 Å². The van der Waals surface area contributed by atoms with Crippen LogP contribution in [0.2, 0.25) is 23.2 Å². The molecule has 3 fully saturated rings. The van der Waals surface area contributed by atoms with Crippen molar-refractivity contribution < 1.29 is 13.6 Å². The van der Waals surface area contributed by atoms with Crippen molar-refractivity contribution in [1.82, 2.24) is 25.0 Å². The highest BCUT2D eigenvalue weighted by atomic mass is 35.5. The topological polar surface area (TPSA) is 95.5 Å². The van der Waals surface area contributed by atoms with Crippen LogP contribution in [0.5, 0.6) is 0 Å². The number of aromatic nitrogens is 3. The van der Waals surface area contributed by atoms with Crippen LogP contribution in [0.4, 0.5) is 21.6 Å². The van der Waals surface area contributed by atoms with Gasteiger partial charge in [-0.2, -0.15) is 0 Å². The van der Waals surface area contributed by atoms with Crippen molar-refractivity contribution in [3.8, 4) is 11.3 Å². The lowest BCUT2D eigenvalue weighted by molar-refractivity contribution is -0.125. The van der Waals surface area contributed by atoms with Crippen molar-refractivity contribution in [2.24, 2.45) is 5.92 Å². The first kappa shape index (κ1) is 34.3. The maximum atomic E-state index is 14.8. The number of amides is 1. The molecule has 1 saturated carbocycles. The van der Waals surface area contributed by atoms with Crippen LogP contribution in [-0.2, 0) is 9.22 Å². The highest BCUT2D eigenvalue weighted by Crippen LogP contribution is 2.41. The quantitative estimate of drug-likeness (QED) is 0.122. The molecule has 9 nitrogen and oxygen atoms in total. The number of likely N-dealkylation sites (N-methyl/N-ethyl adjacent to an activating group) is 1. The molecule has 1 aromatic carbocycles. The molecule has 2 aromatic heterocycles. The summed E-state index contributed by atoms with van der Waals surface area (Å²) >= 11 is 7.71. The van der Waals surface area contributed by atoms with Crippen LogP contribution in [0, 0.1) is 11.7 Å². The van der Waals surface area contributed by atoms with Crippen molar-refractivity contribution in [2.75, 3.05) is 43.1 Å². The number of nitrogens with one attached hydrogen (secondary N) is 2. The summed E-state index contributed by atoms with van der Waals surface area (Å²) in [6, 6.07) is 11.6.